The van der Waals surface area contributed by atoms with Crippen LogP contribution in [0.4, 0.5) is 0 Å². The van der Waals surface area contributed by atoms with E-state index >= 15 is 0 Å². The highest BCUT2D eigenvalue weighted by molar-refractivity contribution is 6.36. The fourth-order valence-corrected chi connectivity index (χ4v) is 1.67. The van der Waals surface area contributed by atoms with Crippen molar-refractivity contribution >= 4 is 28.5 Å². The van der Waals surface area contributed by atoms with Gasteiger partial charge in [-0.15, -0.1) is 0 Å². The Labute approximate surface area is 91.2 Å². The molecule has 2 heterocycles. The summed E-state index contributed by atoms with van der Waals surface area (Å²) in [6.45, 7) is 2.10. The van der Waals surface area contributed by atoms with Crippen molar-refractivity contribution < 1.29 is 9.53 Å². The summed E-state index contributed by atoms with van der Waals surface area (Å²) < 4.78 is 4.91. The molecule has 2 aromatic heterocycles. The molecule has 0 aromatic carbocycles. The molecule has 15 heavy (non-hydrogen) atoms. The second-order valence-electron chi connectivity index (χ2n) is 2.97. The zero-order valence-corrected chi connectivity index (χ0v) is 8.84. The Bertz CT molecular complexity index is 507. The monoisotopic (exact) mass is 224 g/mol. The molecule has 2 rings (SSSR count). The number of halogens is 1. The Kier molecular flexibility index (Phi) is 2.60. The lowest BCUT2D eigenvalue weighted by Gasteiger charge is -2.00. The molecule has 0 amide bonds. The predicted molar refractivity (Wildman–Crippen MR) is 57.1 cm³/mol. The number of nitrogens with one attached hydrogen (secondary N) is 1. The van der Waals surface area contributed by atoms with Crippen LogP contribution in [-0.2, 0) is 4.74 Å². The first-order chi connectivity index (χ1) is 7.24. The lowest BCUT2D eigenvalue weighted by atomic mass is 10.2. The molecule has 0 radical (unpaired) electrons. The van der Waals surface area contributed by atoms with Gasteiger partial charge in [0, 0.05) is 17.8 Å². The SMILES string of the molecule is CCOC(=O)c1c[nH]c2cncc(Cl)c12. The summed E-state index contributed by atoms with van der Waals surface area (Å²) in [5.74, 6) is -0.378. The van der Waals surface area contributed by atoms with Crippen LogP contribution in [0.1, 0.15) is 17.3 Å². The van der Waals surface area contributed by atoms with E-state index in [0.717, 1.165) is 5.52 Å². The maximum atomic E-state index is 11.6. The summed E-state index contributed by atoms with van der Waals surface area (Å²) in [5, 5.41) is 1.10. The number of nitrogens with zero attached hydrogens (tertiary/aromatic N) is 1. The van der Waals surface area contributed by atoms with Crippen LogP contribution >= 0.6 is 11.6 Å². The number of ether oxygens (including phenoxy) is 1. The Balaban J connectivity index is 2.57. The summed E-state index contributed by atoms with van der Waals surface area (Å²) in [6, 6.07) is 0. The third-order valence-corrected chi connectivity index (χ3v) is 2.32. The molecule has 0 bridgehead atoms. The summed E-state index contributed by atoms with van der Waals surface area (Å²) in [4.78, 5) is 18.4. The number of H-pyrrole nitrogens is 1. The van der Waals surface area contributed by atoms with Gasteiger partial charge < -0.3 is 9.72 Å². The highest BCUT2D eigenvalue weighted by Crippen LogP contribution is 2.25. The highest BCUT2D eigenvalue weighted by Gasteiger charge is 2.15. The second-order valence-corrected chi connectivity index (χ2v) is 3.37. The van der Waals surface area contributed by atoms with Gasteiger partial charge in [-0.2, -0.15) is 0 Å². The Morgan fingerprint density at radius 1 is 1.60 bits per heavy atom. The number of esters is 1. The lowest BCUT2D eigenvalue weighted by molar-refractivity contribution is 0.0529. The first kappa shape index (κ1) is 9.98. The van der Waals surface area contributed by atoms with Crippen molar-refractivity contribution in [1.29, 1.82) is 0 Å². The van der Waals surface area contributed by atoms with Gasteiger partial charge in [-0.25, -0.2) is 4.79 Å². The normalized spacial score (nSPS) is 10.5. The zero-order chi connectivity index (χ0) is 10.8. The fourth-order valence-electron chi connectivity index (χ4n) is 1.41. The van der Waals surface area contributed by atoms with Crippen LogP contribution in [0.25, 0.3) is 10.9 Å². The number of aromatic amines is 1. The van der Waals surface area contributed by atoms with Gasteiger partial charge in [0.05, 0.1) is 28.9 Å². The van der Waals surface area contributed by atoms with E-state index in [0.29, 0.717) is 22.6 Å². The van der Waals surface area contributed by atoms with E-state index in [4.69, 9.17) is 16.3 Å². The third-order valence-electron chi connectivity index (χ3n) is 2.04. The van der Waals surface area contributed by atoms with Crippen molar-refractivity contribution in [2.24, 2.45) is 0 Å². The van der Waals surface area contributed by atoms with Crippen molar-refractivity contribution in [3.05, 3.63) is 29.2 Å². The summed E-state index contributed by atoms with van der Waals surface area (Å²) in [7, 11) is 0. The number of hydrogen-bond acceptors (Lipinski definition) is 3. The highest BCUT2D eigenvalue weighted by atomic mass is 35.5. The van der Waals surface area contributed by atoms with Gasteiger partial charge in [-0.1, -0.05) is 11.6 Å². The van der Waals surface area contributed by atoms with E-state index in [2.05, 4.69) is 9.97 Å². The number of fused-ring (bicyclic) bond motifs is 1. The average Bonchev–Trinajstić information content (AvgIpc) is 2.63. The van der Waals surface area contributed by atoms with Gasteiger partial charge in [0.25, 0.3) is 0 Å². The number of pyridine rings is 1. The zero-order valence-electron chi connectivity index (χ0n) is 8.08. The molecule has 2 aromatic rings. The minimum atomic E-state index is -0.378. The largest absolute Gasteiger partial charge is 0.462 e. The van der Waals surface area contributed by atoms with Crippen molar-refractivity contribution in [3.8, 4) is 0 Å². The van der Waals surface area contributed by atoms with Gasteiger partial charge in [-0.05, 0) is 6.92 Å². The molecule has 1 N–H and O–H groups in total. The molecule has 78 valence electrons. The molecule has 0 aliphatic heterocycles. The van der Waals surface area contributed by atoms with Crippen molar-refractivity contribution in [2.45, 2.75) is 6.92 Å². The Morgan fingerprint density at radius 3 is 3.13 bits per heavy atom. The first-order valence-corrected chi connectivity index (χ1v) is 4.89. The Hall–Kier alpha value is -1.55. The van der Waals surface area contributed by atoms with E-state index < -0.39 is 0 Å². The van der Waals surface area contributed by atoms with E-state index in [1.54, 1.807) is 19.3 Å². The third kappa shape index (κ3) is 1.68. The molecular weight excluding hydrogens is 216 g/mol. The number of aromatic nitrogens is 2. The molecule has 0 spiro atoms. The topological polar surface area (TPSA) is 55.0 Å². The smallest absolute Gasteiger partial charge is 0.340 e. The molecule has 0 saturated heterocycles. The van der Waals surface area contributed by atoms with Crippen LogP contribution in [0, 0.1) is 0 Å². The molecular formula is C10H9ClN2O2. The summed E-state index contributed by atoms with van der Waals surface area (Å²) in [6.07, 6.45) is 4.70. The Morgan fingerprint density at radius 2 is 2.40 bits per heavy atom. The summed E-state index contributed by atoms with van der Waals surface area (Å²) in [5.41, 5.74) is 1.17. The van der Waals surface area contributed by atoms with Gasteiger partial charge in [-0.3, -0.25) is 4.98 Å². The fraction of sp³-hybridized carbons (Fsp3) is 0.200. The van der Waals surface area contributed by atoms with Gasteiger partial charge in [0.2, 0.25) is 0 Å². The van der Waals surface area contributed by atoms with E-state index in [1.807, 2.05) is 0 Å². The van der Waals surface area contributed by atoms with Gasteiger partial charge in [0.1, 0.15) is 0 Å². The van der Waals surface area contributed by atoms with Crippen molar-refractivity contribution in [3.63, 3.8) is 0 Å². The van der Waals surface area contributed by atoms with E-state index in [1.165, 1.54) is 6.20 Å². The van der Waals surface area contributed by atoms with Gasteiger partial charge in [0.15, 0.2) is 0 Å². The number of carbonyl (C=O) groups excluding carboxylic acids is 1. The molecule has 0 aliphatic rings. The average molecular weight is 225 g/mol. The van der Waals surface area contributed by atoms with Gasteiger partial charge >= 0.3 is 5.97 Å². The first-order valence-electron chi connectivity index (χ1n) is 4.51. The van der Waals surface area contributed by atoms with Crippen LogP contribution in [0.2, 0.25) is 5.02 Å². The second kappa shape index (κ2) is 3.90. The standard InChI is InChI=1S/C10H9ClN2O2/c1-2-15-10(14)6-3-13-8-5-12-4-7(11)9(6)8/h3-5,13H,2H2,1H3. The molecule has 0 aliphatic carbocycles. The number of carbonyl (C=O) groups is 1. The van der Waals surface area contributed by atoms with Crippen LogP contribution < -0.4 is 0 Å². The van der Waals surface area contributed by atoms with Crippen LogP contribution in [-0.4, -0.2) is 22.5 Å². The molecule has 0 atom stereocenters. The lowest BCUT2D eigenvalue weighted by Crippen LogP contribution is -2.03. The maximum Gasteiger partial charge on any atom is 0.340 e. The molecule has 0 unspecified atom stereocenters. The molecule has 4 nitrogen and oxygen atoms in total. The maximum absolute atomic E-state index is 11.6. The molecule has 0 saturated carbocycles. The minimum Gasteiger partial charge on any atom is -0.462 e. The molecule has 0 fully saturated rings. The van der Waals surface area contributed by atoms with Crippen LogP contribution in [0.3, 0.4) is 0 Å². The van der Waals surface area contributed by atoms with Crippen LogP contribution in [0.5, 0.6) is 0 Å². The predicted octanol–water partition coefficient (Wildman–Crippen LogP) is 2.39. The van der Waals surface area contributed by atoms with Crippen molar-refractivity contribution in [2.75, 3.05) is 6.61 Å². The summed E-state index contributed by atoms with van der Waals surface area (Å²) >= 11 is 5.96. The van der Waals surface area contributed by atoms with E-state index in [9.17, 15) is 4.79 Å². The molecule has 5 heteroatoms. The van der Waals surface area contributed by atoms with E-state index in [-0.39, 0.29) is 5.97 Å². The number of rotatable bonds is 2. The van der Waals surface area contributed by atoms with Crippen molar-refractivity contribution in [1.82, 2.24) is 9.97 Å². The quantitative estimate of drug-likeness (QED) is 0.797. The van der Waals surface area contributed by atoms with Crippen LogP contribution in [0.15, 0.2) is 18.6 Å². The minimum absolute atomic E-state index is 0.341. The number of hydrogen-bond donors (Lipinski definition) is 1.